The van der Waals surface area contributed by atoms with Gasteiger partial charge in [0.1, 0.15) is 5.69 Å². The Labute approximate surface area is 131 Å². The highest BCUT2D eigenvalue weighted by Gasteiger charge is 2.35. The standard InChI is InChI=1S/C14H17BrN4O2/c1-3-9-7-12(21-17-9)11-5-4-6-19(11)14(20)13-10(15)8-16-18(13)2/h7-8,11H,3-6H2,1-2H3/t11-/m1/s1. The second kappa shape index (κ2) is 5.63. The lowest BCUT2D eigenvalue weighted by Crippen LogP contribution is -2.32. The summed E-state index contributed by atoms with van der Waals surface area (Å²) >= 11 is 3.39. The molecule has 0 bridgehead atoms. The number of aromatic nitrogens is 3. The van der Waals surface area contributed by atoms with Crippen LogP contribution in [0.5, 0.6) is 0 Å². The van der Waals surface area contributed by atoms with Crippen molar-refractivity contribution >= 4 is 21.8 Å². The first-order valence-electron chi connectivity index (χ1n) is 7.05. The normalized spacial score (nSPS) is 18.4. The molecule has 0 radical (unpaired) electrons. The molecule has 1 amide bonds. The zero-order valence-electron chi connectivity index (χ0n) is 12.0. The van der Waals surface area contributed by atoms with E-state index in [2.05, 4.69) is 26.2 Å². The summed E-state index contributed by atoms with van der Waals surface area (Å²) in [4.78, 5) is 14.6. The van der Waals surface area contributed by atoms with Gasteiger partial charge in [0.15, 0.2) is 5.76 Å². The van der Waals surface area contributed by atoms with E-state index in [1.165, 1.54) is 0 Å². The monoisotopic (exact) mass is 352 g/mol. The van der Waals surface area contributed by atoms with Crippen LogP contribution in [0.25, 0.3) is 0 Å². The Balaban J connectivity index is 1.88. The second-order valence-corrected chi connectivity index (χ2v) is 6.05. The lowest BCUT2D eigenvalue weighted by Gasteiger charge is -2.22. The molecule has 2 aromatic rings. The molecule has 1 atom stereocenters. The molecule has 7 heteroatoms. The highest BCUT2D eigenvalue weighted by Crippen LogP contribution is 2.34. The van der Waals surface area contributed by atoms with Crippen molar-refractivity contribution in [2.75, 3.05) is 6.54 Å². The van der Waals surface area contributed by atoms with Crippen LogP contribution in [0.1, 0.15) is 47.7 Å². The summed E-state index contributed by atoms with van der Waals surface area (Å²) in [6, 6.07) is 1.92. The van der Waals surface area contributed by atoms with Crippen LogP contribution in [0.3, 0.4) is 0 Å². The average molecular weight is 353 g/mol. The number of carbonyl (C=O) groups is 1. The summed E-state index contributed by atoms with van der Waals surface area (Å²) in [6.45, 7) is 2.76. The molecule has 2 aromatic heterocycles. The molecule has 0 saturated carbocycles. The Morgan fingerprint density at radius 3 is 3.00 bits per heavy atom. The molecule has 1 saturated heterocycles. The smallest absolute Gasteiger partial charge is 0.273 e. The third-order valence-corrected chi connectivity index (χ3v) is 4.46. The number of aryl methyl sites for hydroxylation is 2. The van der Waals surface area contributed by atoms with Gasteiger partial charge in [-0.25, -0.2) is 0 Å². The van der Waals surface area contributed by atoms with Crippen molar-refractivity contribution in [2.45, 2.75) is 32.2 Å². The van der Waals surface area contributed by atoms with Gasteiger partial charge in [0.25, 0.3) is 5.91 Å². The van der Waals surface area contributed by atoms with Crippen molar-refractivity contribution in [3.05, 3.63) is 33.9 Å². The summed E-state index contributed by atoms with van der Waals surface area (Å²) in [7, 11) is 1.77. The highest BCUT2D eigenvalue weighted by molar-refractivity contribution is 9.10. The molecule has 112 valence electrons. The SMILES string of the molecule is CCc1cc([C@H]2CCCN2C(=O)c2c(Br)cnn2C)on1. The Hall–Kier alpha value is -1.63. The van der Waals surface area contributed by atoms with Crippen LogP contribution in [-0.4, -0.2) is 32.3 Å². The molecular formula is C14H17BrN4O2. The van der Waals surface area contributed by atoms with Crippen LogP contribution in [0.15, 0.2) is 21.3 Å². The van der Waals surface area contributed by atoms with Crippen LogP contribution in [0, 0.1) is 0 Å². The molecule has 21 heavy (non-hydrogen) atoms. The molecule has 3 rings (SSSR count). The number of hydrogen-bond acceptors (Lipinski definition) is 4. The molecule has 3 heterocycles. The summed E-state index contributed by atoms with van der Waals surface area (Å²) in [5.74, 6) is 0.745. The van der Waals surface area contributed by atoms with E-state index in [0.29, 0.717) is 10.2 Å². The van der Waals surface area contributed by atoms with Gasteiger partial charge in [-0.3, -0.25) is 9.48 Å². The maximum atomic E-state index is 12.8. The molecule has 1 aliphatic rings. The summed E-state index contributed by atoms with van der Waals surface area (Å²) < 4.78 is 7.73. The van der Waals surface area contributed by atoms with E-state index >= 15 is 0 Å². The lowest BCUT2D eigenvalue weighted by molar-refractivity contribution is 0.0702. The van der Waals surface area contributed by atoms with Gasteiger partial charge in [-0.15, -0.1) is 0 Å². The first kappa shape index (κ1) is 14.3. The number of hydrogen-bond donors (Lipinski definition) is 0. The summed E-state index contributed by atoms with van der Waals surface area (Å²) in [5.41, 5.74) is 1.49. The van der Waals surface area contributed by atoms with Crippen molar-refractivity contribution in [1.29, 1.82) is 0 Å². The predicted octanol–water partition coefficient (Wildman–Crippen LogP) is 2.71. The topological polar surface area (TPSA) is 64.2 Å². The van der Waals surface area contributed by atoms with Crippen LogP contribution < -0.4 is 0 Å². The predicted molar refractivity (Wildman–Crippen MR) is 79.8 cm³/mol. The number of carbonyl (C=O) groups excluding carboxylic acids is 1. The molecule has 6 nitrogen and oxygen atoms in total. The van der Waals surface area contributed by atoms with Crippen LogP contribution in [-0.2, 0) is 13.5 Å². The summed E-state index contributed by atoms with van der Waals surface area (Å²) in [5, 5.41) is 8.14. The maximum Gasteiger partial charge on any atom is 0.273 e. The average Bonchev–Trinajstić information content (AvgIpc) is 3.17. The van der Waals surface area contributed by atoms with E-state index in [4.69, 9.17) is 4.52 Å². The van der Waals surface area contributed by atoms with Crippen molar-refractivity contribution < 1.29 is 9.32 Å². The van der Waals surface area contributed by atoms with Crippen molar-refractivity contribution in [3.63, 3.8) is 0 Å². The van der Waals surface area contributed by atoms with Crippen molar-refractivity contribution in [1.82, 2.24) is 19.8 Å². The Morgan fingerprint density at radius 2 is 2.38 bits per heavy atom. The molecule has 0 N–H and O–H groups in total. The van der Waals surface area contributed by atoms with Gasteiger partial charge < -0.3 is 9.42 Å². The zero-order chi connectivity index (χ0) is 15.0. The minimum Gasteiger partial charge on any atom is -0.359 e. The van der Waals surface area contributed by atoms with Crippen molar-refractivity contribution in [3.8, 4) is 0 Å². The van der Waals surface area contributed by atoms with Gasteiger partial charge in [-0.1, -0.05) is 12.1 Å². The number of likely N-dealkylation sites (tertiary alicyclic amines) is 1. The van der Waals surface area contributed by atoms with Crippen LogP contribution in [0.4, 0.5) is 0 Å². The van der Waals surface area contributed by atoms with Gasteiger partial charge >= 0.3 is 0 Å². The number of nitrogens with zero attached hydrogens (tertiary/aromatic N) is 4. The van der Waals surface area contributed by atoms with E-state index in [-0.39, 0.29) is 11.9 Å². The molecule has 0 aliphatic carbocycles. The second-order valence-electron chi connectivity index (χ2n) is 5.20. The third kappa shape index (κ3) is 2.50. The van der Waals surface area contributed by atoms with E-state index in [1.54, 1.807) is 17.9 Å². The van der Waals surface area contributed by atoms with E-state index in [1.807, 2.05) is 17.9 Å². The van der Waals surface area contributed by atoms with Gasteiger partial charge in [-0.05, 0) is 35.2 Å². The van der Waals surface area contributed by atoms with Gasteiger partial charge in [0, 0.05) is 19.7 Å². The first-order valence-corrected chi connectivity index (χ1v) is 7.85. The van der Waals surface area contributed by atoms with Gasteiger partial charge in [-0.2, -0.15) is 5.10 Å². The molecule has 1 aliphatic heterocycles. The number of rotatable bonds is 3. The van der Waals surface area contributed by atoms with Crippen LogP contribution >= 0.6 is 15.9 Å². The Bertz CT molecular complexity index is 644. The maximum absolute atomic E-state index is 12.8. The van der Waals surface area contributed by atoms with E-state index in [9.17, 15) is 4.79 Å². The first-order chi connectivity index (χ1) is 10.1. The molecule has 0 aromatic carbocycles. The minimum atomic E-state index is -0.0351. The zero-order valence-corrected chi connectivity index (χ0v) is 13.6. The van der Waals surface area contributed by atoms with Gasteiger partial charge in [0.2, 0.25) is 0 Å². The number of halogens is 1. The fourth-order valence-electron chi connectivity index (χ4n) is 2.74. The van der Waals surface area contributed by atoms with Crippen LogP contribution in [0.2, 0.25) is 0 Å². The number of amides is 1. The van der Waals surface area contributed by atoms with Crippen molar-refractivity contribution in [2.24, 2.45) is 7.05 Å². The van der Waals surface area contributed by atoms with E-state index < -0.39 is 0 Å². The lowest BCUT2D eigenvalue weighted by atomic mass is 10.1. The van der Waals surface area contributed by atoms with E-state index in [0.717, 1.165) is 37.3 Å². The molecular weight excluding hydrogens is 336 g/mol. The quantitative estimate of drug-likeness (QED) is 0.851. The fraction of sp³-hybridized carbons (Fsp3) is 0.500. The Kier molecular flexibility index (Phi) is 3.84. The Morgan fingerprint density at radius 1 is 1.57 bits per heavy atom. The highest BCUT2D eigenvalue weighted by atomic mass is 79.9. The molecule has 0 unspecified atom stereocenters. The fourth-order valence-corrected chi connectivity index (χ4v) is 3.26. The minimum absolute atomic E-state index is 0.0289. The largest absolute Gasteiger partial charge is 0.359 e. The molecule has 0 spiro atoms. The summed E-state index contributed by atoms with van der Waals surface area (Å²) in [6.07, 6.45) is 4.34. The van der Waals surface area contributed by atoms with Gasteiger partial charge in [0.05, 0.1) is 22.4 Å². The third-order valence-electron chi connectivity index (χ3n) is 3.88. The molecule has 1 fully saturated rings.